The molecule has 1 amide bonds. The van der Waals surface area contributed by atoms with Crippen molar-refractivity contribution in [3.63, 3.8) is 0 Å². The van der Waals surface area contributed by atoms with E-state index in [0.717, 1.165) is 0 Å². The van der Waals surface area contributed by atoms with Crippen molar-refractivity contribution in [2.45, 2.75) is 38.6 Å². The van der Waals surface area contributed by atoms with Crippen molar-refractivity contribution in [2.24, 2.45) is 7.05 Å². The Morgan fingerprint density at radius 1 is 1.32 bits per heavy atom. The lowest BCUT2D eigenvalue weighted by atomic mass is 10.1. The van der Waals surface area contributed by atoms with Gasteiger partial charge in [-0.1, -0.05) is 0 Å². The van der Waals surface area contributed by atoms with Gasteiger partial charge in [0, 0.05) is 20.1 Å². The van der Waals surface area contributed by atoms with Crippen molar-refractivity contribution < 1.29 is 19.2 Å². The fraction of sp³-hybridized carbons (Fsp3) is 0.733. The predicted octanol–water partition coefficient (Wildman–Crippen LogP) is 1.15. The van der Waals surface area contributed by atoms with E-state index in [0.29, 0.717) is 32.0 Å². The molecule has 138 valence electrons. The normalized spacial score (nSPS) is 23.5. The van der Waals surface area contributed by atoms with Crippen LogP contribution in [0, 0.1) is 10.1 Å². The van der Waals surface area contributed by atoms with E-state index in [9.17, 15) is 14.9 Å². The van der Waals surface area contributed by atoms with Gasteiger partial charge in [0.15, 0.2) is 0 Å². The van der Waals surface area contributed by atoms with Crippen LogP contribution < -0.4 is 4.90 Å². The Morgan fingerprint density at radius 2 is 1.92 bits per heavy atom. The van der Waals surface area contributed by atoms with Crippen molar-refractivity contribution >= 4 is 17.6 Å². The van der Waals surface area contributed by atoms with Gasteiger partial charge < -0.3 is 19.3 Å². The highest BCUT2D eigenvalue weighted by Crippen LogP contribution is 2.31. The smallest absolute Gasteiger partial charge is 0.410 e. The van der Waals surface area contributed by atoms with Crippen LogP contribution in [0.1, 0.15) is 20.8 Å². The minimum Gasteiger partial charge on any atom is -0.444 e. The highest BCUT2D eigenvalue weighted by molar-refractivity contribution is 5.68. The average molecular weight is 353 g/mol. The Labute approximate surface area is 145 Å². The number of fused-ring (bicyclic) bond motifs is 2. The van der Waals surface area contributed by atoms with Gasteiger partial charge in [-0.05, 0) is 20.8 Å². The van der Waals surface area contributed by atoms with Crippen molar-refractivity contribution in [2.75, 3.05) is 31.1 Å². The van der Waals surface area contributed by atoms with E-state index in [-0.39, 0.29) is 24.0 Å². The van der Waals surface area contributed by atoms with Crippen LogP contribution in [0.4, 0.5) is 16.3 Å². The number of carbonyl (C=O) groups is 1. The van der Waals surface area contributed by atoms with Crippen molar-refractivity contribution in [1.82, 2.24) is 14.7 Å². The van der Waals surface area contributed by atoms with Crippen molar-refractivity contribution in [3.8, 4) is 0 Å². The lowest BCUT2D eigenvalue weighted by Gasteiger charge is -2.45. The van der Waals surface area contributed by atoms with E-state index in [4.69, 9.17) is 9.47 Å². The number of aryl methyl sites for hydroxylation is 1. The summed E-state index contributed by atoms with van der Waals surface area (Å²) in [4.78, 5) is 26.6. The lowest BCUT2D eigenvalue weighted by molar-refractivity contribution is -0.384. The number of anilines is 1. The standard InChI is InChI=1S/C15H23N5O5/c1-15(2,3)25-14(21)19-8-10-6-18(7-11(9-19)24-10)13-12(20(22)23)5-16-17(13)4/h5,10-11H,6-9H2,1-4H3. The molecule has 3 rings (SSSR count). The predicted molar refractivity (Wildman–Crippen MR) is 88.5 cm³/mol. The Bertz CT molecular complexity index is 668. The number of nitrogens with zero attached hydrogens (tertiary/aromatic N) is 5. The van der Waals surface area contributed by atoms with Gasteiger partial charge >= 0.3 is 11.8 Å². The number of ether oxygens (including phenoxy) is 2. The molecule has 0 aromatic carbocycles. The molecule has 0 spiro atoms. The molecule has 3 heterocycles. The third kappa shape index (κ3) is 3.68. The van der Waals surface area contributed by atoms with Gasteiger partial charge in [0.2, 0.25) is 5.82 Å². The summed E-state index contributed by atoms with van der Waals surface area (Å²) in [7, 11) is 1.68. The Morgan fingerprint density at radius 3 is 2.44 bits per heavy atom. The zero-order valence-electron chi connectivity index (χ0n) is 14.8. The van der Waals surface area contributed by atoms with E-state index in [2.05, 4.69) is 5.10 Å². The summed E-state index contributed by atoms with van der Waals surface area (Å²) in [6.45, 7) is 7.19. The van der Waals surface area contributed by atoms with Crippen LogP contribution in [-0.2, 0) is 16.5 Å². The Hall–Kier alpha value is -2.36. The number of rotatable bonds is 2. The quantitative estimate of drug-likeness (QED) is 0.580. The number of aromatic nitrogens is 2. The first kappa shape index (κ1) is 17.5. The molecule has 2 unspecified atom stereocenters. The number of hydrogen-bond acceptors (Lipinski definition) is 7. The van der Waals surface area contributed by atoms with Gasteiger partial charge in [0.25, 0.3) is 0 Å². The van der Waals surface area contributed by atoms with Gasteiger partial charge in [0.05, 0.1) is 30.2 Å². The van der Waals surface area contributed by atoms with Crippen LogP contribution in [0.25, 0.3) is 0 Å². The summed E-state index contributed by atoms with van der Waals surface area (Å²) in [5.74, 6) is 0.467. The summed E-state index contributed by atoms with van der Waals surface area (Å²) >= 11 is 0. The number of carbonyl (C=O) groups excluding carboxylic acids is 1. The zero-order chi connectivity index (χ0) is 18.4. The number of nitro groups is 1. The summed E-state index contributed by atoms with van der Waals surface area (Å²) in [6.07, 6.45) is 0.447. The molecule has 10 nitrogen and oxygen atoms in total. The SMILES string of the molecule is Cn1ncc([N+](=O)[O-])c1N1CC2CN(C(=O)OC(C)(C)C)CC(C1)O2. The molecule has 2 bridgehead atoms. The zero-order valence-corrected chi connectivity index (χ0v) is 14.8. The van der Waals surface area contributed by atoms with Crippen LogP contribution in [0.3, 0.4) is 0 Å². The maximum Gasteiger partial charge on any atom is 0.410 e. The van der Waals surface area contributed by atoms with Crippen LogP contribution in [0.2, 0.25) is 0 Å². The molecule has 0 N–H and O–H groups in total. The molecule has 2 atom stereocenters. The van der Waals surface area contributed by atoms with Gasteiger partial charge in [-0.2, -0.15) is 5.10 Å². The summed E-state index contributed by atoms with van der Waals surface area (Å²) < 4.78 is 12.8. The molecule has 0 radical (unpaired) electrons. The molecule has 2 aliphatic heterocycles. The first-order valence-electron chi connectivity index (χ1n) is 8.19. The molecule has 0 saturated carbocycles. The van der Waals surface area contributed by atoms with Crippen molar-refractivity contribution in [1.29, 1.82) is 0 Å². The highest BCUT2D eigenvalue weighted by Gasteiger charge is 2.40. The molecule has 2 fully saturated rings. The maximum atomic E-state index is 12.3. The molecular formula is C15H23N5O5. The van der Waals surface area contributed by atoms with Gasteiger partial charge in [-0.15, -0.1) is 0 Å². The molecule has 2 aliphatic rings. The Kier molecular flexibility index (Phi) is 4.31. The number of hydrogen-bond donors (Lipinski definition) is 0. The minimum absolute atomic E-state index is 0.0218. The van der Waals surface area contributed by atoms with Crippen LogP contribution in [-0.4, -0.2) is 69.7 Å². The molecule has 2 saturated heterocycles. The van der Waals surface area contributed by atoms with E-state index in [1.807, 2.05) is 25.7 Å². The topological polar surface area (TPSA) is 103 Å². The van der Waals surface area contributed by atoms with Crippen LogP contribution >= 0.6 is 0 Å². The van der Waals surface area contributed by atoms with Crippen molar-refractivity contribution in [3.05, 3.63) is 16.3 Å². The third-order valence-corrected chi connectivity index (χ3v) is 4.12. The largest absolute Gasteiger partial charge is 0.444 e. The number of morpholine rings is 2. The van der Waals surface area contributed by atoms with Gasteiger partial charge in [-0.25, -0.2) is 9.48 Å². The van der Waals surface area contributed by atoms with E-state index in [1.54, 1.807) is 11.9 Å². The lowest BCUT2D eigenvalue weighted by Crippen LogP contribution is -2.61. The van der Waals surface area contributed by atoms with Crippen LogP contribution in [0.5, 0.6) is 0 Å². The summed E-state index contributed by atoms with van der Waals surface area (Å²) in [5, 5.41) is 15.2. The third-order valence-electron chi connectivity index (χ3n) is 4.12. The van der Waals surface area contributed by atoms with Crippen LogP contribution in [0.15, 0.2) is 6.20 Å². The second-order valence-electron chi connectivity index (χ2n) is 7.40. The molecule has 10 heteroatoms. The molecule has 25 heavy (non-hydrogen) atoms. The van der Waals surface area contributed by atoms with E-state index < -0.39 is 10.5 Å². The molecular weight excluding hydrogens is 330 g/mol. The maximum absolute atomic E-state index is 12.3. The monoisotopic (exact) mass is 353 g/mol. The van der Waals surface area contributed by atoms with E-state index in [1.165, 1.54) is 10.9 Å². The van der Waals surface area contributed by atoms with E-state index >= 15 is 0 Å². The molecule has 1 aromatic rings. The summed E-state index contributed by atoms with van der Waals surface area (Å²) in [5.41, 5.74) is -0.572. The molecule has 1 aromatic heterocycles. The minimum atomic E-state index is -0.550. The van der Waals surface area contributed by atoms with Gasteiger partial charge in [0.1, 0.15) is 11.8 Å². The second kappa shape index (κ2) is 6.17. The number of amides is 1. The first-order chi connectivity index (χ1) is 11.6. The fourth-order valence-corrected chi connectivity index (χ4v) is 3.26. The Balaban J connectivity index is 1.72. The summed E-state index contributed by atoms with van der Waals surface area (Å²) in [6, 6.07) is 0. The fourth-order valence-electron chi connectivity index (χ4n) is 3.26. The first-order valence-corrected chi connectivity index (χ1v) is 8.19. The second-order valence-corrected chi connectivity index (χ2v) is 7.40. The average Bonchev–Trinajstić information content (AvgIpc) is 2.86. The molecule has 0 aliphatic carbocycles. The van der Waals surface area contributed by atoms with Gasteiger partial charge in [-0.3, -0.25) is 10.1 Å². The highest BCUT2D eigenvalue weighted by atomic mass is 16.6.